The van der Waals surface area contributed by atoms with Crippen LogP contribution in [0.5, 0.6) is 0 Å². The fraction of sp³-hybridized carbons (Fsp3) is 0.389. The largest absolute Gasteiger partial charge is 0.379 e. The first-order valence-corrected chi connectivity index (χ1v) is 9.62. The third-order valence-electron chi connectivity index (χ3n) is 4.33. The molecule has 1 aliphatic rings. The number of fused-ring (bicyclic) bond motifs is 1. The Labute approximate surface area is 155 Å². The van der Waals surface area contributed by atoms with E-state index < -0.39 is 0 Å². The number of amides is 1. The molecule has 0 unspecified atom stereocenters. The molecule has 3 heterocycles. The number of rotatable bonds is 6. The van der Waals surface area contributed by atoms with Crippen LogP contribution in [0, 0.1) is 0 Å². The zero-order valence-corrected chi connectivity index (χ0v) is 15.2. The molecule has 1 aliphatic heterocycles. The minimum atomic E-state index is -0.134. The number of morpholine rings is 1. The van der Waals surface area contributed by atoms with Crippen LogP contribution in [0.3, 0.4) is 0 Å². The number of hydrogen-bond acceptors (Lipinski definition) is 6. The molecular weight excluding hydrogens is 350 g/mol. The minimum absolute atomic E-state index is 0.134. The SMILES string of the molecule is O=C(NCCc1nc2ccccc2[nH]1)c1csc(CN2CCOCC2)n1. The van der Waals surface area contributed by atoms with Gasteiger partial charge in [0, 0.05) is 31.4 Å². The molecule has 1 fully saturated rings. The first-order valence-electron chi connectivity index (χ1n) is 8.74. The smallest absolute Gasteiger partial charge is 0.270 e. The van der Waals surface area contributed by atoms with Gasteiger partial charge in [-0.1, -0.05) is 12.1 Å². The van der Waals surface area contributed by atoms with Crippen LogP contribution < -0.4 is 5.32 Å². The van der Waals surface area contributed by atoms with Gasteiger partial charge in [0.25, 0.3) is 5.91 Å². The third-order valence-corrected chi connectivity index (χ3v) is 5.17. The quantitative estimate of drug-likeness (QED) is 0.691. The number of benzene rings is 1. The summed E-state index contributed by atoms with van der Waals surface area (Å²) >= 11 is 1.53. The number of carbonyl (C=O) groups is 1. The molecule has 0 saturated carbocycles. The third kappa shape index (κ3) is 4.09. The number of aromatic nitrogens is 3. The fourth-order valence-corrected chi connectivity index (χ4v) is 3.76. The number of thiazole rings is 1. The highest BCUT2D eigenvalue weighted by Crippen LogP contribution is 2.14. The fourth-order valence-electron chi connectivity index (χ4n) is 2.95. The second-order valence-electron chi connectivity index (χ2n) is 6.22. The molecule has 1 saturated heterocycles. The Bertz CT molecular complexity index is 851. The van der Waals surface area contributed by atoms with Crippen molar-refractivity contribution in [2.45, 2.75) is 13.0 Å². The maximum Gasteiger partial charge on any atom is 0.270 e. The molecule has 4 rings (SSSR count). The van der Waals surface area contributed by atoms with Gasteiger partial charge in [-0.3, -0.25) is 9.69 Å². The number of ether oxygens (including phenoxy) is 1. The van der Waals surface area contributed by atoms with Crippen LogP contribution in [-0.2, 0) is 17.7 Å². The Balaban J connectivity index is 1.28. The van der Waals surface area contributed by atoms with Crippen molar-refractivity contribution in [1.29, 1.82) is 0 Å². The maximum atomic E-state index is 12.3. The summed E-state index contributed by atoms with van der Waals surface area (Å²) in [7, 11) is 0. The van der Waals surface area contributed by atoms with Gasteiger partial charge >= 0.3 is 0 Å². The molecule has 3 aromatic rings. The Morgan fingerprint density at radius 1 is 1.27 bits per heavy atom. The second kappa shape index (κ2) is 7.94. The molecule has 2 aromatic heterocycles. The van der Waals surface area contributed by atoms with Crippen LogP contribution in [0.15, 0.2) is 29.6 Å². The predicted octanol–water partition coefficient (Wildman–Crippen LogP) is 1.82. The average molecular weight is 371 g/mol. The summed E-state index contributed by atoms with van der Waals surface area (Å²) in [6, 6.07) is 7.91. The summed E-state index contributed by atoms with van der Waals surface area (Å²) in [5.41, 5.74) is 2.45. The van der Waals surface area contributed by atoms with E-state index in [0.29, 0.717) is 18.7 Å². The van der Waals surface area contributed by atoms with E-state index in [0.717, 1.165) is 54.7 Å². The van der Waals surface area contributed by atoms with Crippen LogP contribution in [0.4, 0.5) is 0 Å². The zero-order chi connectivity index (χ0) is 17.8. The topological polar surface area (TPSA) is 83.1 Å². The lowest BCUT2D eigenvalue weighted by atomic mass is 10.3. The van der Waals surface area contributed by atoms with E-state index in [9.17, 15) is 4.79 Å². The van der Waals surface area contributed by atoms with E-state index in [4.69, 9.17) is 4.74 Å². The molecule has 26 heavy (non-hydrogen) atoms. The Hall–Kier alpha value is -2.29. The molecule has 8 heteroatoms. The van der Waals surface area contributed by atoms with Crippen molar-refractivity contribution in [2.24, 2.45) is 0 Å². The van der Waals surface area contributed by atoms with Crippen LogP contribution in [0.1, 0.15) is 21.3 Å². The number of aromatic amines is 1. The highest BCUT2D eigenvalue weighted by molar-refractivity contribution is 7.09. The highest BCUT2D eigenvalue weighted by atomic mass is 32.1. The normalized spacial score (nSPS) is 15.4. The number of imidazole rings is 1. The van der Waals surface area contributed by atoms with E-state index in [1.807, 2.05) is 29.6 Å². The minimum Gasteiger partial charge on any atom is -0.379 e. The van der Waals surface area contributed by atoms with Gasteiger partial charge in [0.15, 0.2) is 0 Å². The van der Waals surface area contributed by atoms with Crippen molar-refractivity contribution in [1.82, 2.24) is 25.2 Å². The van der Waals surface area contributed by atoms with Crippen molar-refractivity contribution < 1.29 is 9.53 Å². The van der Waals surface area contributed by atoms with Crippen molar-refractivity contribution >= 4 is 28.3 Å². The lowest BCUT2D eigenvalue weighted by Gasteiger charge is -2.25. The molecule has 0 spiro atoms. The van der Waals surface area contributed by atoms with E-state index >= 15 is 0 Å². The van der Waals surface area contributed by atoms with Crippen molar-refractivity contribution in [3.05, 3.63) is 46.2 Å². The lowest BCUT2D eigenvalue weighted by Crippen LogP contribution is -2.35. The first kappa shape index (κ1) is 17.1. The van der Waals surface area contributed by atoms with Gasteiger partial charge in [-0.15, -0.1) is 11.3 Å². The van der Waals surface area contributed by atoms with Gasteiger partial charge in [-0.25, -0.2) is 9.97 Å². The number of H-pyrrole nitrogens is 1. The van der Waals surface area contributed by atoms with Crippen LogP contribution in [0.2, 0.25) is 0 Å². The Morgan fingerprint density at radius 2 is 2.12 bits per heavy atom. The Morgan fingerprint density at radius 3 is 2.96 bits per heavy atom. The predicted molar refractivity (Wildman–Crippen MR) is 100 cm³/mol. The molecule has 0 radical (unpaired) electrons. The summed E-state index contributed by atoms with van der Waals surface area (Å²) in [6.07, 6.45) is 0.658. The zero-order valence-electron chi connectivity index (χ0n) is 14.4. The van der Waals surface area contributed by atoms with Crippen LogP contribution in [-0.4, -0.2) is 58.6 Å². The van der Waals surface area contributed by atoms with Crippen molar-refractivity contribution in [3.8, 4) is 0 Å². The monoisotopic (exact) mass is 371 g/mol. The summed E-state index contributed by atoms with van der Waals surface area (Å²) in [5, 5.41) is 5.71. The molecule has 1 amide bonds. The van der Waals surface area contributed by atoms with Gasteiger partial charge in [-0.05, 0) is 12.1 Å². The number of hydrogen-bond donors (Lipinski definition) is 2. The first-order chi connectivity index (χ1) is 12.8. The van der Waals surface area contributed by atoms with E-state index in [1.165, 1.54) is 11.3 Å². The summed E-state index contributed by atoms with van der Waals surface area (Å²) < 4.78 is 5.35. The summed E-state index contributed by atoms with van der Waals surface area (Å²) in [4.78, 5) is 26.8. The van der Waals surface area contributed by atoms with Gasteiger partial charge in [-0.2, -0.15) is 0 Å². The van der Waals surface area contributed by atoms with Crippen molar-refractivity contribution in [2.75, 3.05) is 32.8 Å². The lowest BCUT2D eigenvalue weighted by molar-refractivity contribution is 0.0341. The van der Waals surface area contributed by atoms with Crippen molar-refractivity contribution in [3.63, 3.8) is 0 Å². The number of nitrogens with zero attached hydrogens (tertiary/aromatic N) is 3. The number of para-hydroxylation sites is 2. The Kier molecular flexibility index (Phi) is 5.24. The summed E-state index contributed by atoms with van der Waals surface area (Å²) in [6.45, 7) is 4.66. The molecule has 1 aromatic carbocycles. The van der Waals surface area contributed by atoms with Gasteiger partial charge in [0.2, 0.25) is 0 Å². The highest BCUT2D eigenvalue weighted by Gasteiger charge is 2.15. The standard InChI is InChI=1S/C18H21N5O2S/c24-18(15-12-26-17(22-15)11-23-7-9-25-10-8-23)19-6-5-16-20-13-3-1-2-4-14(13)21-16/h1-4,12H,5-11H2,(H,19,24)(H,20,21). The van der Waals surface area contributed by atoms with Gasteiger partial charge < -0.3 is 15.0 Å². The molecule has 2 N–H and O–H groups in total. The van der Waals surface area contributed by atoms with Crippen LogP contribution in [0.25, 0.3) is 11.0 Å². The molecule has 0 atom stereocenters. The number of carbonyl (C=O) groups excluding carboxylic acids is 1. The molecule has 0 aliphatic carbocycles. The second-order valence-corrected chi connectivity index (χ2v) is 7.16. The van der Waals surface area contributed by atoms with Gasteiger partial charge in [0.1, 0.15) is 16.5 Å². The molecule has 0 bridgehead atoms. The van der Waals surface area contributed by atoms with E-state index in [2.05, 4.69) is 25.2 Å². The summed E-state index contributed by atoms with van der Waals surface area (Å²) in [5.74, 6) is 0.739. The number of nitrogens with one attached hydrogen (secondary N) is 2. The molecule has 136 valence electrons. The molecular formula is C18H21N5O2S. The molecule has 7 nitrogen and oxygen atoms in total. The van der Waals surface area contributed by atoms with E-state index in [-0.39, 0.29) is 5.91 Å². The maximum absolute atomic E-state index is 12.3. The van der Waals surface area contributed by atoms with Gasteiger partial charge in [0.05, 0.1) is 30.8 Å². The average Bonchev–Trinajstić information content (AvgIpc) is 3.29. The van der Waals surface area contributed by atoms with Crippen LogP contribution >= 0.6 is 11.3 Å². The van der Waals surface area contributed by atoms with E-state index in [1.54, 1.807) is 0 Å².